The summed E-state index contributed by atoms with van der Waals surface area (Å²) in [6, 6.07) is 5.96. The van der Waals surface area contributed by atoms with Crippen LogP contribution in [0.15, 0.2) is 18.2 Å². The third-order valence-electron chi connectivity index (χ3n) is 2.68. The standard InChI is InChI=1S/C14H23NO4/c1-11(6-8-17-2)15-12-4-5-13(18-3)14(10-12)19-9-7-16/h4-5,10-11,15-16H,6-9H2,1-3H3. The van der Waals surface area contributed by atoms with E-state index in [-0.39, 0.29) is 13.2 Å². The first-order valence-electron chi connectivity index (χ1n) is 6.38. The Balaban J connectivity index is 2.68. The fourth-order valence-corrected chi connectivity index (χ4v) is 1.69. The monoisotopic (exact) mass is 269 g/mol. The van der Waals surface area contributed by atoms with Gasteiger partial charge in [-0.1, -0.05) is 0 Å². The Kier molecular flexibility index (Phi) is 7.07. The highest BCUT2D eigenvalue weighted by molar-refractivity contribution is 5.55. The predicted molar refractivity (Wildman–Crippen MR) is 75.2 cm³/mol. The van der Waals surface area contributed by atoms with E-state index in [4.69, 9.17) is 19.3 Å². The molecule has 5 nitrogen and oxygen atoms in total. The fourth-order valence-electron chi connectivity index (χ4n) is 1.69. The molecule has 0 aromatic heterocycles. The molecule has 0 saturated carbocycles. The minimum atomic E-state index is -0.0228. The number of aliphatic hydroxyl groups excluding tert-OH is 1. The zero-order chi connectivity index (χ0) is 14.1. The van der Waals surface area contributed by atoms with Crippen molar-refractivity contribution in [3.8, 4) is 11.5 Å². The van der Waals surface area contributed by atoms with Gasteiger partial charge in [0.2, 0.25) is 0 Å². The third-order valence-corrected chi connectivity index (χ3v) is 2.68. The molecular formula is C14H23NO4. The average Bonchev–Trinajstić information content (AvgIpc) is 2.43. The first-order chi connectivity index (χ1) is 9.21. The molecular weight excluding hydrogens is 246 g/mol. The van der Waals surface area contributed by atoms with Crippen LogP contribution in [0.25, 0.3) is 0 Å². The lowest BCUT2D eigenvalue weighted by Gasteiger charge is -2.17. The van der Waals surface area contributed by atoms with Crippen molar-refractivity contribution in [3.63, 3.8) is 0 Å². The maximum Gasteiger partial charge on any atom is 0.163 e. The molecule has 1 unspecified atom stereocenters. The van der Waals surface area contributed by atoms with Gasteiger partial charge in [-0.05, 0) is 25.5 Å². The number of hydrogen-bond acceptors (Lipinski definition) is 5. The van der Waals surface area contributed by atoms with Crippen molar-refractivity contribution < 1.29 is 19.3 Å². The highest BCUT2D eigenvalue weighted by Crippen LogP contribution is 2.30. The summed E-state index contributed by atoms with van der Waals surface area (Å²) < 4.78 is 15.7. The Morgan fingerprint density at radius 1 is 1.21 bits per heavy atom. The van der Waals surface area contributed by atoms with Gasteiger partial charge in [-0.3, -0.25) is 0 Å². The number of nitrogens with one attached hydrogen (secondary N) is 1. The van der Waals surface area contributed by atoms with Crippen molar-refractivity contribution in [3.05, 3.63) is 18.2 Å². The normalized spacial score (nSPS) is 12.0. The SMILES string of the molecule is COCCC(C)Nc1ccc(OC)c(OCCO)c1. The van der Waals surface area contributed by atoms with Crippen LogP contribution in [0.2, 0.25) is 0 Å². The van der Waals surface area contributed by atoms with Gasteiger partial charge < -0.3 is 24.6 Å². The Hall–Kier alpha value is -1.46. The van der Waals surface area contributed by atoms with E-state index >= 15 is 0 Å². The Labute approximate surface area is 114 Å². The molecule has 1 rings (SSSR count). The largest absolute Gasteiger partial charge is 0.493 e. The van der Waals surface area contributed by atoms with Crippen molar-refractivity contribution in [2.75, 3.05) is 39.4 Å². The van der Waals surface area contributed by atoms with Gasteiger partial charge in [0.15, 0.2) is 11.5 Å². The van der Waals surface area contributed by atoms with Crippen LogP contribution >= 0.6 is 0 Å². The number of ether oxygens (including phenoxy) is 3. The van der Waals surface area contributed by atoms with E-state index in [9.17, 15) is 0 Å². The van der Waals surface area contributed by atoms with Crippen molar-refractivity contribution in [2.45, 2.75) is 19.4 Å². The molecule has 0 spiro atoms. The molecule has 1 atom stereocenters. The van der Waals surface area contributed by atoms with Crippen molar-refractivity contribution in [1.82, 2.24) is 0 Å². The van der Waals surface area contributed by atoms with Gasteiger partial charge in [-0.2, -0.15) is 0 Å². The van der Waals surface area contributed by atoms with Gasteiger partial charge in [0.1, 0.15) is 6.61 Å². The van der Waals surface area contributed by atoms with Gasteiger partial charge in [0.05, 0.1) is 13.7 Å². The van der Waals surface area contributed by atoms with Crippen LogP contribution in [0.4, 0.5) is 5.69 Å². The second-order valence-electron chi connectivity index (χ2n) is 4.26. The predicted octanol–water partition coefficient (Wildman–Crippen LogP) is 1.90. The zero-order valence-electron chi connectivity index (χ0n) is 11.8. The molecule has 0 aliphatic heterocycles. The Morgan fingerprint density at radius 2 is 2.00 bits per heavy atom. The molecule has 0 heterocycles. The van der Waals surface area contributed by atoms with E-state index in [1.807, 2.05) is 18.2 Å². The average molecular weight is 269 g/mol. The van der Waals surface area contributed by atoms with Crippen LogP contribution in [0.1, 0.15) is 13.3 Å². The van der Waals surface area contributed by atoms with Gasteiger partial charge >= 0.3 is 0 Å². The summed E-state index contributed by atoms with van der Waals surface area (Å²) >= 11 is 0. The smallest absolute Gasteiger partial charge is 0.163 e. The second-order valence-corrected chi connectivity index (χ2v) is 4.26. The second kappa shape index (κ2) is 8.61. The molecule has 0 amide bonds. The van der Waals surface area contributed by atoms with Gasteiger partial charge in [0.25, 0.3) is 0 Å². The molecule has 1 aromatic rings. The molecule has 0 bridgehead atoms. The topological polar surface area (TPSA) is 60.0 Å². The van der Waals surface area contributed by atoms with Crippen LogP contribution in [0, 0.1) is 0 Å². The van der Waals surface area contributed by atoms with Crippen molar-refractivity contribution >= 4 is 5.69 Å². The molecule has 108 valence electrons. The Morgan fingerprint density at radius 3 is 2.63 bits per heavy atom. The minimum absolute atomic E-state index is 0.0228. The number of anilines is 1. The van der Waals surface area contributed by atoms with E-state index in [1.165, 1.54) is 0 Å². The number of hydrogen-bond donors (Lipinski definition) is 2. The first-order valence-corrected chi connectivity index (χ1v) is 6.38. The van der Waals surface area contributed by atoms with Crippen LogP contribution in [-0.4, -0.2) is 45.2 Å². The lowest BCUT2D eigenvalue weighted by atomic mass is 10.2. The quantitative estimate of drug-likeness (QED) is 0.717. The third kappa shape index (κ3) is 5.36. The van der Waals surface area contributed by atoms with Crippen LogP contribution in [0.3, 0.4) is 0 Å². The summed E-state index contributed by atoms with van der Waals surface area (Å²) in [5, 5.41) is 12.2. The van der Waals surface area contributed by atoms with Crippen LogP contribution in [-0.2, 0) is 4.74 Å². The van der Waals surface area contributed by atoms with E-state index in [2.05, 4.69) is 12.2 Å². The number of methoxy groups -OCH3 is 2. The molecule has 0 radical (unpaired) electrons. The number of rotatable bonds is 9. The van der Waals surface area contributed by atoms with Gasteiger partial charge in [-0.25, -0.2) is 0 Å². The highest BCUT2D eigenvalue weighted by Gasteiger charge is 2.07. The lowest BCUT2D eigenvalue weighted by molar-refractivity contribution is 0.191. The van der Waals surface area contributed by atoms with E-state index < -0.39 is 0 Å². The highest BCUT2D eigenvalue weighted by atomic mass is 16.5. The molecule has 0 saturated heterocycles. The molecule has 19 heavy (non-hydrogen) atoms. The molecule has 2 N–H and O–H groups in total. The number of aliphatic hydroxyl groups is 1. The zero-order valence-corrected chi connectivity index (χ0v) is 11.8. The summed E-state index contributed by atoms with van der Waals surface area (Å²) in [5.74, 6) is 1.28. The van der Waals surface area contributed by atoms with Gasteiger partial charge in [-0.15, -0.1) is 0 Å². The van der Waals surface area contributed by atoms with Crippen LogP contribution < -0.4 is 14.8 Å². The maximum absolute atomic E-state index is 8.81. The molecule has 0 aliphatic carbocycles. The fraction of sp³-hybridized carbons (Fsp3) is 0.571. The van der Waals surface area contributed by atoms with E-state index in [0.29, 0.717) is 17.5 Å². The van der Waals surface area contributed by atoms with Gasteiger partial charge in [0, 0.05) is 31.5 Å². The first kappa shape index (κ1) is 15.6. The van der Waals surface area contributed by atoms with E-state index in [0.717, 1.165) is 18.7 Å². The summed E-state index contributed by atoms with van der Waals surface area (Å²) in [7, 11) is 3.29. The lowest BCUT2D eigenvalue weighted by Crippen LogP contribution is -2.17. The molecule has 0 fully saturated rings. The molecule has 0 aliphatic rings. The summed E-state index contributed by atoms with van der Waals surface area (Å²) in [6.07, 6.45) is 0.926. The van der Waals surface area contributed by atoms with E-state index in [1.54, 1.807) is 14.2 Å². The van der Waals surface area contributed by atoms with Crippen molar-refractivity contribution in [1.29, 1.82) is 0 Å². The summed E-state index contributed by atoms with van der Waals surface area (Å²) in [6.45, 7) is 3.04. The van der Waals surface area contributed by atoms with Crippen molar-refractivity contribution in [2.24, 2.45) is 0 Å². The van der Waals surface area contributed by atoms with Crippen LogP contribution in [0.5, 0.6) is 11.5 Å². The number of benzene rings is 1. The molecule has 5 heteroatoms. The Bertz CT molecular complexity index is 370. The summed E-state index contributed by atoms with van der Waals surface area (Å²) in [5.41, 5.74) is 0.956. The summed E-state index contributed by atoms with van der Waals surface area (Å²) in [4.78, 5) is 0. The maximum atomic E-state index is 8.81. The molecule has 1 aromatic carbocycles. The minimum Gasteiger partial charge on any atom is -0.493 e.